The average Bonchev–Trinajstić information content (AvgIpc) is 3.37. The number of piperazine rings is 1. The first-order valence-electron chi connectivity index (χ1n) is 11.7. The van der Waals surface area contributed by atoms with Crippen LogP contribution in [0.25, 0.3) is 0 Å². The van der Waals surface area contributed by atoms with E-state index in [0.29, 0.717) is 32.7 Å². The van der Waals surface area contributed by atoms with E-state index in [1.165, 1.54) is 47.8 Å². The van der Waals surface area contributed by atoms with Gasteiger partial charge < -0.3 is 19.5 Å². The van der Waals surface area contributed by atoms with E-state index in [9.17, 15) is 17.6 Å². The highest BCUT2D eigenvalue weighted by Gasteiger charge is 2.29. The van der Waals surface area contributed by atoms with Crippen LogP contribution in [-0.2, 0) is 16.6 Å². The summed E-state index contributed by atoms with van der Waals surface area (Å²) in [5, 5.41) is 2.57. The fraction of sp³-hybridized carbons (Fsp3) is 0.269. The number of nitrogens with zero attached hydrogens (tertiary/aromatic N) is 2. The molecule has 2 aliphatic heterocycles. The summed E-state index contributed by atoms with van der Waals surface area (Å²) in [6.07, 6.45) is 0. The number of fused-ring (bicyclic) bond motifs is 1. The number of methoxy groups -OCH3 is 1. The zero-order valence-electron chi connectivity index (χ0n) is 20.1. The Labute approximate surface area is 214 Å². The number of hydrogen-bond donors (Lipinski definition) is 1. The lowest BCUT2D eigenvalue weighted by atomic mass is 10.2. The van der Waals surface area contributed by atoms with Crippen molar-refractivity contribution in [1.29, 1.82) is 0 Å². The second-order valence-electron chi connectivity index (χ2n) is 8.66. The summed E-state index contributed by atoms with van der Waals surface area (Å²) in [7, 11) is -2.43. The normalized spacial score (nSPS) is 15.9. The molecule has 1 saturated heterocycles. The number of amides is 1. The van der Waals surface area contributed by atoms with Gasteiger partial charge in [0.05, 0.1) is 23.3 Å². The third-order valence-electron chi connectivity index (χ3n) is 6.35. The highest BCUT2D eigenvalue weighted by molar-refractivity contribution is 7.89. The van der Waals surface area contributed by atoms with E-state index in [4.69, 9.17) is 14.2 Å². The maximum Gasteiger partial charge on any atom is 0.258 e. The van der Waals surface area contributed by atoms with E-state index >= 15 is 0 Å². The zero-order chi connectivity index (χ0) is 26.0. The Morgan fingerprint density at radius 3 is 2.51 bits per heavy atom. The van der Waals surface area contributed by atoms with Gasteiger partial charge in [0.15, 0.2) is 11.5 Å². The van der Waals surface area contributed by atoms with Gasteiger partial charge in [0.2, 0.25) is 16.8 Å². The van der Waals surface area contributed by atoms with E-state index in [1.54, 1.807) is 6.07 Å². The van der Waals surface area contributed by atoms with Crippen LogP contribution < -0.4 is 19.5 Å². The van der Waals surface area contributed by atoms with Crippen LogP contribution in [0.5, 0.6) is 17.2 Å². The maximum atomic E-state index is 14.1. The number of anilines is 1. The van der Waals surface area contributed by atoms with Crippen molar-refractivity contribution < 1.29 is 31.8 Å². The molecule has 0 atom stereocenters. The molecule has 0 aliphatic carbocycles. The molecule has 9 nitrogen and oxygen atoms in total. The van der Waals surface area contributed by atoms with Crippen molar-refractivity contribution in [3.63, 3.8) is 0 Å². The first-order valence-corrected chi connectivity index (χ1v) is 13.1. The molecule has 0 bridgehead atoms. The summed E-state index contributed by atoms with van der Waals surface area (Å²) < 4.78 is 58.4. The van der Waals surface area contributed by atoms with Crippen LogP contribution in [0.15, 0.2) is 65.6 Å². The minimum Gasteiger partial charge on any atom is -0.495 e. The van der Waals surface area contributed by atoms with E-state index in [0.717, 1.165) is 17.1 Å². The molecule has 0 aromatic heterocycles. The van der Waals surface area contributed by atoms with Gasteiger partial charge in [-0.3, -0.25) is 9.69 Å². The Bertz CT molecular complexity index is 1420. The zero-order valence-corrected chi connectivity index (χ0v) is 21.0. The first kappa shape index (κ1) is 25.0. The Kier molecular flexibility index (Phi) is 7.00. The summed E-state index contributed by atoms with van der Waals surface area (Å²) in [5.41, 5.74) is 1.04. The average molecular weight is 528 g/mol. The van der Waals surface area contributed by atoms with Crippen molar-refractivity contribution in [2.24, 2.45) is 0 Å². The molecule has 37 heavy (non-hydrogen) atoms. The molecular formula is C26H26FN3O6S. The second-order valence-corrected chi connectivity index (χ2v) is 10.6. The molecule has 5 rings (SSSR count). The van der Waals surface area contributed by atoms with Crippen molar-refractivity contribution in [2.75, 3.05) is 45.4 Å². The Balaban J connectivity index is 1.27. The van der Waals surface area contributed by atoms with Gasteiger partial charge in [-0.15, -0.1) is 0 Å². The standard InChI is InChI=1S/C26H26FN3O6S/c1-34-23-9-7-19(15-22(23)28-26(31)20-4-2-3-5-21(20)27)37(32,33)30-12-10-29(11-13-30)16-18-6-8-24-25(14-18)36-17-35-24/h2-9,14-15H,10-13,16-17H2,1H3,(H,28,31). The topological polar surface area (TPSA) is 97.4 Å². The number of carbonyl (C=O) groups is 1. The lowest BCUT2D eigenvalue weighted by Gasteiger charge is -2.34. The SMILES string of the molecule is COc1ccc(S(=O)(=O)N2CCN(Cc3ccc4c(c3)OCO4)CC2)cc1NC(=O)c1ccccc1F. The van der Waals surface area contributed by atoms with Crippen molar-refractivity contribution in [3.05, 3.63) is 77.6 Å². The Morgan fingerprint density at radius 2 is 1.76 bits per heavy atom. The van der Waals surface area contributed by atoms with Gasteiger partial charge in [-0.05, 0) is 48.0 Å². The molecular weight excluding hydrogens is 501 g/mol. The third-order valence-corrected chi connectivity index (χ3v) is 8.24. The van der Waals surface area contributed by atoms with E-state index in [-0.39, 0.29) is 28.7 Å². The summed E-state index contributed by atoms with van der Waals surface area (Å²) in [4.78, 5) is 14.8. The van der Waals surface area contributed by atoms with Crippen molar-refractivity contribution in [3.8, 4) is 17.2 Å². The van der Waals surface area contributed by atoms with Gasteiger partial charge in [-0.1, -0.05) is 18.2 Å². The molecule has 2 aliphatic rings. The third kappa shape index (κ3) is 5.24. The van der Waals surface area contributed by atoms with E-state index in [1.807, 2.05) is 18.2 Å². The molecule has 11 heteroatoms. The summed E-state index contributed by atoms with van der Waals surface area (Å²) in [6.45, 7) is 2.63. The van der Waals surface area contributed by atoms with Gasteiger partial charge in [-0.25, -0.2) is 12.8 Å². The molecule has 1 amide bonds. The largest absolute Gasteiger partial charge is 0.495 e. The molecule has 0 unspecified atom stereocenters. The smallest absolute Gasteiger partial charge is 0.258 e. The van der Waals surface area contributed by atoms with Crippen molar-refractivity contribution in [1.82, 2.24) is 9.21 Å². The number of ether oxygens (including phenoxy) is 3. The number of rotatable bonds is 7. The van der Waals surface area contributed by atoms with Crippen LogP contribution in [0, 0.1) is 5.82 Å². The molecule has 0 spiro atoms. The minimum atomic E-state index is -3.83. The summed E-state index contributed by atoms with van der Waals surface area (Å²) >= 11 is 0. The Hall–Kier alpha value is -3.67. The van der Waals surface area contributed by atoms with Gasteiger partial charge in [-0.2, -0.15) is 4.31 Å². The van der Waals surface area contributed by atoms with E-state index in [2.05, 4.69) is 10.2 Å². The fourth-order valence-corrected chi connectivity index (χ4v) is 5.80. The monoisotopic (exact) mass is 527 g/mol. The number of hydrogen-bond acceptors (Lipinski definition) is 7. The number of sulfonamides is 1. The molecule has 194 valence electrons. The number of halogens is 1. The van der Waals surface area contributed by atoms with Gasteiger partial charge >= 0.3 is 0 Å². The van der Waals surface area contributed by atoms with Crippen LogP contribution in [0.2, 0.25) is 0 Å². The van der Waals surface area contributed by atoms with Crippen molar-refractivity contribution in [2.45, 2.75) is 11.4 Å². The number of carbonyl (C=O) groups excluding carboxylic acids is 1. The van der Waals surface area contributed by atoms with E-state index < -0.39 is 21.7 Å². The molecule has 1 N–H and O–H groups in total. The fourth-order valence-electron chi connectivity index (χ4n) is 4.35. The molecule has 3 aromatic rings. The van der Waals surface area contributed by atoms with Crippen LogP contribution in [0.3, 0.4) is 0 Å². The molecule has 3 aromatic carbocycles. The predicted molar refractivity (Wildman–Crippen MR) is 134 cm³/mol. The predicted octanol–water partition coefficient (Wildman–Crippen LogP) is 3.32. The lowest BCUT2D eigenvalue weighted by Crippen LogP contribution is -2.48. The van der Waals surface area contributed by atoms with Crippen LogP contribution >= 0.6 is 0 Å². The Morgan fingerprint density at radius 1 is 1.00 bits per heavy atom. The van der Waals surface area contributed by atoms with Gasteiger partial charge in [0, 0.05) is 32.7 Å². The van der Waals surface area contributed by atoms with Crippen molar-refractivity contribution >= 4 is 21.6 Å². The first-order chi connectivity index (χ1) is 17.8. The molecule has 0 saturated carbocycles. The minimum absolute atomic E-state index is 0.0151. The number of benzene rings is 3. The van der Waals surface area contributed by atoms with Gasteiger partial charge in [0.1, 0.15) is 11.6 Å². The maximum absolute atomic E-state index is 14.1. The molecule has 0 radical (unpaired) electrons. The molecule has 2 heterocycles. The van der Waals surface area contributed by atoms with Crippen LogP contribution in [-0.4, -0.2) is 63.6 Å². The summed E-state index contributed by atoms with van der Waals surface area (Å²) in [6, 6.07) is 15.6. The van der Waals surface area contributed by atoms with Crippen LogP contribution in [0.1, 0.15) is 15.9 Å². The summed E-state index contributed by atoms with van der Waals surface area (Å²) in [5.74, 6) is 0.321. The highest BCUT2D eigenvalue weighted by Crippen LogP contribution is 2.33. The quantitative estimate of drug-likeness (QED) is 0.504. The second kappa shape index (κ2) is 10.4. The highest BCUT2D eigenvalue weighted by atomic mass is 32.2. The lowest BCUT2D eigenvalue weighted by molar-refractivity contribution is 0.102. The number of nitrogens with one attached hydrogen (secondary N) is 1. The molecule has 1 fully saturated rings. The van der Waals surface area contributed by atoms with Crippen LogP contribution in [0.4, 0.5) is 10.1 Å². The van der Waals surface area contributed by atoms with Gasteiger partial charge in [0.25, 0.3) is 5.91 Å².